The van der Waals surface area contributed by atoms with E-state index in [1.165, 1.54) is 11.3 Å². The number of halogens is 1. The molecular weight excluding hydrogens is 496 g/mol. The van der Waals surface area contributed by atoms with Gasteiger partial charge in [0.25, 0.3) is 5.56 Å². The number of thiophene rings is 1. The molecule has 7 nitrogen and oxygen atoms in total. The van der Waals surface area contributed by atoms with E-state index in [2.05, 4.69) is 14.8 Å². The lowest BCUT2D eigenvalue weighted by Gasteiger charge is -2.30. The van der Waals surface area contributed by atoms with Crippen molar-refractivity contribution in [3.8, 4) is 11.1 Å². The van der Waals surface area contributed by atoms with E-state index in [-0.39, 0.29) is 5.56 Å². The van der Waals surface area contributed by atoms with Crippen LogP contribution in [0.1, 0.15) is 17.5 Å². The minimum absolute atomic E-state index is 0.155. The molecule has 188 valence electrons. The second-order valence-electron chi connectivity index (χ2n) is 8.96. The van der Waals surface area contributed by atoms with E-state index in [1.807, 2.05) is 60.0 Å². The molecule has 5 rings (SSSR count). The van der Waals surface area contributed by atoms with Crippen molar-refractivity contribution in [1.29, 1.82) is 0 Å². The summed E-state index contributed by atoms with van der Waals surface area (Å²) in [6.07, 6.45) is -0.635. The van der Waals surface area contributed by atoms with Crippen LogP contribution in [0.3, 0.4) is 0 Å². The Balaban J connectivity index is 1.37. The molecule has 1 saturated heterocycles. The Hall–Kier alpha value is -2.59. The zero-order valence-corrected chi connectivity index (χ0v) is 21.5. The van der Waals surface area contributed by atoms with Crippen LogP contribution in [0.15, 0.2) is 64.8 Å². The summed E-state index contributed by atoms with van der Waals surface area (Å²) in [5.74, 6) is 0.597. The molecule has 0 saturated carbocycles. The molecule has 1 aliphatic rings. The van der Waals surface area contributed by atoms with E-state index in [4.69, 9.17) is 21.3 Å². The Bertz CT molecular complexity index is 1340. The van der Waals surface area contributed by atoms with Crippen molar-refractivity contribution >= 4 is 33.2 Å². The molecular formula is C27H29ClN4O3S. The lowest BCUT2D eigenvalue weighted by molar-refractivity contribution is 0.0288. The topological polar surface area (TPSA) is 81.7 Å². The fourth-order valence-electron chi connectivity index (χ4n) is 4.49. The largest absolute Gasteiger partial charge is 0.387 e. The lowest BCUT2D eigenvalue weighted by Crippen LogP contribution is -2.42. The first-order valence-electron chi connectivity index (χ1n) is 12.1. The first-order chi connectivity index (χ1) is 17.6. The molecule has 0 radical (unpaired) electrons. The zero-order chi connectivity index (χ0) is 24.9. The van der Waals surface area contributed by atoms with E-state index in [0.717, 1.165) is 56.1 Å². The predicted octanol–water partition coefficient (Wildman–Crippen LogP) is 4.17. The van der Waals surface area contributed by atoms with Crippen molar-refractivity contribution in [3.63, 3.8) is 0 Å². The molecule has 1 aliphatic heterocycles. The quantitative estimate of drug-likeness (QED) is 0.342. The van der Waals surface area contributed by atoms with Gasteiger partial charge in [0, 0.05) is 48.7 Å². The Kier molecular flexibility index (Phi) is 8.11. The second-order valence-corrected chi connectivity index (χ2v) is 10.3. The first kappa shape index (κ1) is 25.1. The average Bonchev–Trinajstić information content (AvgIpc) is 3.33. The van der Waals surface area contributed by atoms with Gasteiger partial charge in [-0.3, -0.25) is 14.6 Å². The summed E-state index contributed by atoms with van der Waals surface area (Å²) in [6.45, 7) is 5.77. The Labute approximate surface area is 218 Å². The normalized spacial score (nSPS) is 15.5. The molecule has 0 amide bonds. The number of aromatic nitrogens is 2. The molecule has 9 heteroatoms. The molecule has 2 aromatic carbocycles. The zero-order valence-electron chi connectivity index (χ0n) is 19.9. The highest BCUT2D eigenvalue weighted by Gasteiger charge is 2.19. The molecule has 2 N–H and O–H groups in total. The highest BCUT2D eigenvalue weighted by Crippen LogP contribution is 2.31. The maximum absolute atomic E-state index is 13.1. The summed E-state index contributed by atoms with van der Waals surface area (Å²) in [4.78, 5) is 26.2. The Morgan fingerprint density at radius 1 is 1.14 bits per heavy atom. The van der Waals surface area contributed by atoms with Gasteiger partial charge in [-0.1, -0.05) is 54.1 Å². The van der Waals surface area contributed by atoms with E-state index in [0.29, 0.717) is 34.2 Å². The van der Waals surface area contributed by atoms with Crippen molar-refractivity contribution in [2.24, 2.45) is 0 Å². The van der Waals surface area contributed by atoms with E-state index >= 15 is 0 Å². The van der Waals surface area contributed by atoms with Crippen LogP contribution < -0.4 is 5.56 Å². The molecule has 0 aliphatic carbocycles. The highest BCUT2D eigenvalue weighted by molar-refractivity contribution is 7.17. The Morgan fingerprint density at radius 3 is 2.64 bits per heavy atom. The molecule has 0 bridgehead atoms. The third-order valence-corrected chi connectivity index (χ3v) is 7.60. The number of benzene rings is 2. The number of rotatable bonds is 9. The number of nitrogens with zero attached hydrogens (tertiary/aromatic N) is 3. The SMILES string of the molecule is O=c1[nH]c(CN(CCN2CCOCC2)CC(O)c2ccccc2)nc2scc(-c3ccc(Cl)cc3)c12. The number of hydrogen-bond donors (Lipinski definition) is 2. The van der Waals surface area contributed by atoms with Gasteiger partial charge in [0.05, 0.1) is 31.2 Å². The van der Waals surface area contributed by atoms with Crippen LogP contribution in [0, 0.1) is 0 Å². The predicted molar refractivity (Wildman–Crippen MR) is 145 cm³/mol. The van der Waals surface area contributed by atoms with Gasteiger partial charge in [-0.05, 0) is 23.3 Å². The molecule has 1 atom stereocenters. The van der Waals surface area contributed by atoms with Gasteiger partial charge in [0.1, 0.15) is 10.7 Å². The van der Waals surface area contributed by atoms with Crippen LogP contribution >= 0.6 is 22.9 Å². The molecule has 1 fully saturated rings. The van der Waals surface area contributed by atoms with Crippen LogP contribution in [-0.2, 0) is 11.3 Å². The molecule has 1 unspecified atom stereocenters. The first-order valence-corrected chi connectivity index (χ1v) is 13.3. The average molecular weight is 525 g/mol. The number of aliphatic hydroxyl groups is 1. The number of morpholine rings is 1. The highest BCUT2D eigenvalue weighted by atomic mass is 35.5. The van der Waals surface area contributed by atoms with Crippen molar-refractivity contribution in [2.75, 3.05) is 45.9 Å². The number of nitrogens with one attached hydrogen (secondary N) is 1. The van der Waals surface area contributed by atoms with E-state index in [1.54, 1.807) is 0 Å². The maximum Gasteiger partial charge on any atom is 0.260 e. The number of H-pyrrole nitrogens is 1. The van der Waals surface area contributed by atoms with Crippen LogP contribution in [0.25, 0.3) is 21.3 Å². The molecule has 2 aromatic heterocycles. The summed E-state index contributed by atoms with van der Waals surface area (Å²) < 4.78 is 5.47. The summed E-state index contributed by atoms with van der Waals surface area (Å²) >= 11 is 7.49. The van der Waals surface area contributed by atoms with Gasteiger partial charge in [-0.15, -0.1) is 11.3 Å². The standard InChI is InChI=1S/C27H29ClN4O3S/c28-21-8-6-19(7-9-21)22-18-36-27-25(22)26(34)29-24(30-27)17-32(11-10-31-12-14-35-15-13-31)16-23(33)20-4-2-1-3-5-20/h1-9,18,23,33H,10-17H2,(H,29,30,34). The summed E-state index contributed by atoms with van der Waals surface area (Å²) in [5.41, 5.74) is 2.51. The minimum atomic E-state index is -0.635. The molecule has 3 heterocycles. The number of hydrogen-bond acceptors (Lipinski definition) is 7. The van der Waals surface area contributed by atoms with Gasteiger partial charge in [-0.25, -0.2) is 4.98 Å². The summed E-state index contributed by atoms with van der Waals surface area (Å²) in [6, 6.07) is 17.1. The monoisotopic (exact) mass is 524 g/mol. The maximum atomic E-state index is 13.1. The minimum Gasteiger partial charge on any atom is -0.387 e. The van der Waals surface area contributed by atoms with E-state index in [9.17, 15) is 9.90 Å². The van der Waals surface area contributed by atoms with Crippen molar-refractivity contribution in [1.82, 2.24) is 19.8 Å². The van der Waals surface area contributed by atoms with Gasteiger partial charge in [0.2, 0.25) is 0 Å². The van der Waals surface area contributed by atoms with Gasteiger partial charge < -0.3 is 14.8 Å². The molecule has 4 aromatic rings. The third-order valence-electron chi connectivity index (χ3n) is 6.47. The lowest BCUT2D eigenvalue weighted by atomic mass is 10.1. The number of aromatic amines is 1. The number of fused-ring (bicyclic) bond motifs is 1. The van der Waals surface area contributed by atoms with Crippen LogP contribution in [0.2, 0.25) is 5.02 Å². The second kappa shape index (κ2) is 11.6. The van der Waals surface area contributed by atoms with E-state index < -0.39 is 6.10 Å². The van der Waals surface area contributed by atoms with Crippen molar-refractivity contribution in [2.45, 2.75) is 12.6 Å². The van der Waals surface area contributed by atoms with Gasteiger partial charge in [0.15, 0.2) is 0 Å². The molecule has 0 spiro atoms. The summed E-state index contributed by atoms with van der Waals surface area (Å²) in [7, 11) is 0. The third kappa shape index (κ3) is 6.03. The van der Waals surface area contributed by atoms with Crippen molar-refractivity contribution in [3.05, 3.63) is 86.7 Å². The van der Waals surface area contributed by atoms with Crippen molar-refractivity contribution < 1.29 is 9.84 Å². The fraction of sp³-hybridized carbons (Fsp3) is 0.333. The van der Waals surface area contributed by atoms with Crippen LogP contribution in [0.4, 0.5) is 0 Å². The summed E-state index contributed by atoms with van der Waals surface area (Å²) in [5, 5.41) is 14.1. The van der Waals surface area contributed by atoms with Gasteiger partial charge >= 0.3 is 0 Å². The Morgan fingerprint density at radius 2 is 1.89 bits per heavy atom. The number of ether oxygens (including phenoxy) is 1. The fourth-order valence-corrected chi connectivity index (χ4v) is 5.58. The molecule has 36 heavy (non-hydrogen) atoms. The van der Waals surface area contributed by atoms with Crippen LogP contribution in [-0.4, -0.2) is 70.8 Å². The van der Waals surface area contributed by atoms with Gasteiger partial charge in [-0.2, -0.15) is 0 Å². The number of aliphatic hydroxyl groups excluding tert-OH is 1. The smallest absolute Gasteiger partial charge is 0.260 e. The van der Waals surface area contributed by atoms with Crippen LogP contribution in [0.5, 0.6) is 0 Å².